The van der Waals surface area contributed by atoms with Crippen molar-refractivity contribution < 1.29 is 19.5 Å². The van der Waals surface area contributed by atoms with Gasteiger partial charge in [0, 0.05) is 19.3 Å². The maximum absolute atomic E-state index is 11.8. The van der Waals surface area contributed by atoms with Crippen LogP contribution in [0.2, 0.25) is 0 Å². The molecule has 0 saturated carbocycles. The zero-order valence-electron chi connectivity index (χ0n) is 31.6. The van der Waals surface area contributed by atoms with Crippen LogP contribution in [0.5, 0.6) is 0 Å². The van der Waals surface area contributed by atoms with E-state index in [1.54, 1.807) is 6.92 Å². The maximum atomic E-state index is 11.8. The highest BCUT2D eigenvalue weighted by atomic mass is 16.4. The van der Waals surface area contributed by atoms with Gasteiger partial charge in [-0.2, -0.15) is 0 Å². The number of Topliss-reactive ketones (excluding diaryl/α,β-unsaturated/α-hetero) is 2. The Morgan fingerprint density at radius 2 is 0.936 bits per heavy atom. The van der Waals surface area contributed by atoms with Crippen molar-refractivity contribution in [1.29, 1.82) is 0 Å². The number of carboxylic acid groups (broad SMARTS) is 1. The normalized spacial score (nSPS) is 11.3. The Bertz CT molecular complexity index is 620. The number of ketones is 2. The largest absolute Gasteiger partial charge is 0.481 e. The van der Waals surface area contributed by atoms with E-state index in [4.69, 9.17) is 22.3 Å². The molecule has 0 heterocycles. The first-order chi connectivity index (χ1) is 22.8. The fourth-order valence-electron chi connectivity index (χ4n) is 5.20. The monoisotopic (exact) mass is 671 g/mol. The van der Waals surface area contributed by atoms with E-state index in [2.05, 4.69) is 19.2 Å². The SMILES string of the molecule is CCCCCCCCCC(=O)O.CCCCCCCCCC(C)=O.NCCCC[C@@H](N)C(=O)CCCCCCCCCNCCCN. The third-order valence-electron chi connectivity index (χ3n) is 8.34. The van der Waals surface area contributed by atoms with E-state index in [1.807, 2.05) is 0 Å². The lowest BCUT2D eigenvalue weighted by molar-refractivity contribution is -0.137. The molecular weight excluding hydrogens is 588 g/mol. The molecule has 0 amide bonds. The van der Waals surface area contributed by atoms with Gasteiger partial charge in [-0.3, -0.25) is 9.59 Å². The number of unbranched alkanes of at least 4 members (excludes halogenated alkanes) is 19. The summed E-state index contributed by atoms with van der Waals surface area (Å²) in [6, 6.07) is -0.270. The predicted octanol–water partition coefficient (Wildman–Crippen LogP) is 9.00. The quantitative estimate of drug-likeness (QED) is 0.0424. The summed E-state index contributed by atoms with van der Waals surface area (Å²) in [5.74, 6) is -0.0994. The van der Waals surface area contributed by atoms with Crippen LogP contribution < -0.4 is 22.5 Å². The number of rotatable bonds is 34. The summed E-state index contributed by atoms with van der Waals surface area (Å²) in [7, 11) is 0. The van der Waals surface area contributed by atoms with Gasteiger partial charge in [0.05, 0.1) is 6.04 Å². The fourth-order valence-corrected chi connectivity index (χ4v) is 5.20. The number of carbonyl (C=O) groups is 3. The molecule has 0 spiro atoms. The molecule has 282 valence electrons. The van der Waals surface area contributed by atoms with E-state index in [9.17, 15) is 14.4 Å². The van der Waals surface area contributed by atoms with E-state index in [0.29, 0.717) is 25.2 Å². The van der Waals surface area contributed by atoms with E-state index < -0.39 is 5.97 Å². The number of hydrogen-bond donors (Lipinski definition) is 5. The molecule has 0 aliphatic heterocycles. The van der Waals surface area contributed by atoms with Crippen molar-refractivity contribution in [3.8, 4) is 0 Å². The second-order valence-electron chi connectivity index (χ2n) is 13.3. The van der Waals surface area contributed by atoms with Gasteiger partial charge in [-0.1, -0.05) is 129 Å². The van der Waals surface area contributed by atoms with Crippen molar-refractivity contribution in [3.63, 3.8) is 0 Å². The second-order valence-corrected chi connectivity index (χ2v) is 13.3. The van der Waals surface area contributed by atoms with Crippen molar-refractivity contribution in [1.82, 2.24) is 5.32 Å². The van der Waals surface area contributed by atoms with Crippen molar-refractivity contribution in [2.45, 2.75) is 207 Å². The highest BCUT2D eigenvalue weighted by molar-refractivity contribution is 5.83. The van der Waals surface area contributed by atoms with Gasteiger partial charge in [-0.25, -0.2) is 0 Å². The standard InChI is InChI=1S/C18H40N4O.C11H22O.C10H20O2/c19-13-8-7-11-17(21)18(23)12-6-4-2-1-3-5-9-15-22-16-10-14-20;1-3-4-5-6-7-8-9-10-11(2)12;1-2-3-4-5-6-7-8-9-10(11)12/h17,22H,1-16,19-21H2;3-10H2,1-2H3;2-9H2,1H3,(H,11,12)/t17-;;/m1../s1. The summed E-state index contributed by atoms with van der Waals surface area (Å²) in [5, 5.41) is 11.8. The van der Waals surface area contributed by atoms with Gasteiger partial charge in [0.2, 0.25) is 0 Å². The van der Waals surface area contributed by atoms with Crippen molar-refractivity contribution in [2.75, 3.05) is 26.2 Å². The minimum absolute atomic E-state index is 0.227. The molecule has 8 N–H and O–H groups in total. The molecule has 0 aliphatic rings. The van der Waals surface area contributed by atoms with Gasteiger partial charge in [0.1, 0.15) is 11.6 Å². The van der Waals surface area contributed by atoms with E-state index >= 15 is 0 Å². The van der Waals surface area contributed by atoms with Gasteiger partial charge in [-0.05, 0) is 78.0 Å². The number of aliphatic carboxylic acids is 1. The molecule has 8 nitrogen and oxygen atoms in total. The van der Waals surface area contributed by atoms with Crippen molar-refractivity contribution >= 4 is 17.5 Å². The minimum Gasteiger partial charge on any atom is -0.481 e. The average Bonchev–Trinajstić information content (AvgIpc) is 3.04. The van der Waals surface area contributed by atoms with Crippen LogP contribution in [0.25, 0.3) is 0 Å². The Morgan fingerprint density at radius 3 is 1.38 bits per heavy atom. The van der Waals surface area contributed by atoms with Crippen LogP contribution in [0.3, 0.4) is 0 Å². The Morgan fingerprint density at radius 1 is 0.532 bits per heavy atom. The molecule has 0 bridgehead atoms. The molecule has 0 fully saturated rings. The smallest absolute Gasteiger partial charge is 0.303 e. The minimum atomic E-state index is -0.663. The van der Waals surface area contributed by atoms with Crippen LogP contribution in [0.15, 0.2) is 0 Å². The Balaban J connectivity index is -0.000000680. The summed E-state index contributed by atoms with van der Waals surface area (Å²) < 4.78 is 0. The number of nitrogens with one attached hydrogen (secondary N) is 1. The van der Waals surface area contributed by atoms with E-state index in [1.165, 1.54) is 103 Å². The molecular formula is C39H82N4O4. The lowest BCUT2D eigenvalue weighted by Crippen LogP contribution is -2.30. The van der Waals surface area contributed by atoms with E-state index in [0.717, 1.165) is 83.8 Å². The van der Waals surface area contributed by atoms with Gasteiger partial charge in [0.15, 0.2) is 0 Å². The number of nitrogens with two attached hydrogens (primary N) is 3. The molecule has 8 heteroatoms. The van der Waals surface area contributed by atoms with Crippen LogP contribution in [0.1, 0.15) is 201 Å². The highest BCUT2D eigenvalue weighted by Gasteiger charge is 2.12. The topological polar surface area (TPSA) is 162 Å². The predicted molar refractivity (Wildman–Crippen MR) is 203 cm³/mol. The average molecular weight is 671 g/mol. The lowest BCUT2D eigenvalue weighted by atomic mass is 10.0. The van der Waals surface area contributed by atoms with Gasteiger partial charge in [0.25, 0.3) is 0 Å². The van der Waals surface area contributed by atoms with Crippen molar-refractivity contribution in [3.05, 3.63) is 0 Å². The zero-order chi connectivity index (χ0) is 35.6. The van der Waals surface area contributed by atoms with E-state index in [-0.39, 0.29) is 11.8 Å². The molecule has 0 rings (SSSR count). The molecule has 0 aliphatic carbocycles. The first-order valence-electron chi connectivity index (χ1n) is 19.9. The summed E-state index contributed by atoms with van der Waals surface area (Å²) in [5.41, 5.74) is 16.8. The molecule has 0 aromatic heterocycles. The molecule has 0 unspecified atom stereocenters. The van der Waals surface area contributed by atoms with Crippen LogP contribution in [0.4, 0.5) is 0 Å². The Hall–Kier alpha value is -1.35. The summed E-state index contributed by atoms with van der Waals surface area (Å²) in [4.78, 5) is 32.6. The van der Waals surface area contributed by atoms with Crippen LogP contribution >= 0.6 is 0 Å². The molecule has 0 radical (unpaired) electrons. The molecule has 0 aromatic carbocycles. The molecule has 0 saturated heterocycles. The van der Waals surface area contributed by atoms with Crippen molar-refractivity contribution in [2.24, 2.45) is 17.2 Å². The molecule has 47 heavy (non-hydrogen) atoms. The van der Waals surface area contributed by atoms with Gasteiger partial charge in [-0.15, -0.1) is 0 Å². The highest BCUT2D eigenvalue weighted by Crippen LogP contribution is 2.11. The third kappa shape index (κ3) is 51.7. The summed E-state index contributed by atoms with van der Waals surface area (Å²) in [6.07, 6.45) is 31.4. The molecule has 0 aromatic rings. The van der Waals surface area contributed by atoms with Gasteiger partial charge < -0.3 is 32.4 Å². The van der Waals surface area contributed by atoms with Crippen LogP contribution in [0, 0.1) is 0 Å². The number of hydrogen-bond acceptors (Lipinski definition) is 7. The number of carboxylic acids is 1. The third-order valence-corrected chi connectivity index (χ3v) is 8.34. The summed E-state index contributed by atoms with van der Waals surface area (Å²) in [6.45, 7) is 9.71. The molecule has 1 atom stereocenters. The van der Waals surface area contributed by atoms with Crippen LogP contribution in [-0.2, 0) is 14.4 Å². The first kappa shape index (κ1) is 50.0. The maximum Gasteiger partial charge on any atom is 0.303 e. The van der Waals surface area contributed by atoms with Crippen LogP contribution in [-0.4, -0.2) is 54.9 Å². The lowest BCUT2D eigenvalue weighted by Gasteiger charge is -2.10. The first-order valence-corrected chi connectivity index (χ1v) is 19.9. The summed E-state index contributed by atoms with van der Waals surface area (Å²) >= 11 is 0. The zero-order valence-corrected chi connectivity index (χ0v) is 31.6. The Labute approximate surface area is 291 Å². The van der Waals surface area contributed by atoms with Gasteiger partial charge >= 0.3 is 5.97 Å². The second kappa shape index (κ2) is 44.6. The fraction of sp³-hybridized carbons (Fsp3) is 0.923. The Kier molecular flexibility index (Phi) is 47.5. The number of carbonyl (C=O) groups excluding carboxylic acids is 2.